The van der Waals surface area contributed by atoms with Crippen LogP contribution in [0, 0.1) is 5.92 Å². The first-order chi connectivity index (χ1) is 6.86. The second-order valence-electron chi connectivity index (χ2n) is 3.95. The molecule has 1 rings (SSSR count). The van der Waals surface area contributed by atoms with Crippen molar-refractivity contribution in [3.63, 3.8) is 0 Å². The lowest BCUT2D eigenvalue weighted by molar-refractivity contribution is -0.112. The van der Waals surface area contributed by atoms with Crippen LogP contribution in [0.5, 0.6) is 0 Å². The van der Waals surface area contributed by atoms with Crippen LogP contribution in [0.3, 0.4) is 0 Å². The molecule has 0 aliphatic carbocycles. The molecule has 1 aliphatic rings. The smallest absolute Gasteiger partial charge is 0.124 e. The van der Waals surface area contributed by atoms with Gasteiger partial charge in [0.2, 0.25) is 0 Å². The summed E-state index contributed by atoms with van der Waals surface area (Å²) in [5, 5.41) is 0. The van der Waals surface area contributed by atoms with E-state index >= 15 is 0 Å². The van der Waals surface area contributed by atoms with E-state index in [1.807, 2.05) is 0 Å². The molecular formula is C11H21NO2. The summed E-state index contributed by atoms with van der Waals surface area (Å²) < 4.78 is 5.42. The van der Waals surface area contributed by atoms with Gasteiger partial charge in [-0.3, -0.25) is 0 Å². The fraction of sp³-hybridized carbons (Fsp3) is 0.909. The number of hydrogen-bond acceptors (Lipinski definition) is 3. The highest BCUT2D eigenvalue weighted by Crippen LogP contribution is 2.13. The van der Waals surface area contributed by atoms with Crippen molar-refractivity contribution in [1.29, 1.82) is 0 Å². The van der Waals surface area contributed by atoms with Crippen LogP contribution in [-0.4, -0.2) is 44.0 Å². The second-order valence-corrected chi connectivity index (χ2v) is 3.95. The van der Waals surface area contributed by atoms with E-state index in [0.29, 0.717) is 0 Å². The van der Waals surface area contributed by atoms with Gasteiger partial charge in [0.1, 0.15) is 6.29 Å². The van der Waals surface area contributed by atoms with Gasteiger partial charge in [-0.25, -0.2) is 0 Å². The van der Waals surface area contributed by atoms with Crippen LogP contribution in [0.15, 0.2) is 0 Å². The Morgan fingerprint density at radius 1 is 1.50 bits per heavy atom. The zero-order chi connectivity index (χ0) is 10.2. The van der Waals surface area contributed by atoms with Gasteiger partial charge in [-0.1, -0.05) is 6.92 Å². The van der Waals surface area contributed by atoms with Crippen molar-refractivity contribution < 1.29 is 9.53 Å². The summed E-state index contributed by atoms with van der Waals surface area (Å²) in [4.78, 5) is 13.0. The molecule has 0 aromatic carbocycles. The molecule has 0 N–H and O–H groups in total. The summed E-state index contributed by atoms with van der Waals surface area (Å²) in [7, 11) is 0. The zero-order valence-electron chi connectivity index (χ0n) is 9.08. The molecular weight excluding hydrogens is 178 g/mol. The zero-order valence-corrected chi connectivity index (χ0v) is 9.08. The maximum Gasteiger partial charge on any atom is 0.124 e. The molecule has 0 saturated carbocycles. The van der Waals surface area contributed by atoms with Crippen molar-refractivity contribution in [2.45, 2.75) is 26.2 Å². The number of likely N-dealkylation sites (tertiary alicyclic amines) is 1. The number of piperidine rings is 1. The van der Waals surface area contributed by atoms with Gasteiger partial charge in [0.05, 0.1) is 6.61 Å². The summed E-state index contributed by atoms with van der Waals surface area (Å²) in [5.74, 6) is 0.259. The third kappa shape index (κ3) is 4.20. The van der Waals surface area contributed by atoms with E-state index in [9.17, 15) is 4.79 Å². The maximum atomic E-state index is 10.6. The van der Waals surface area contributed by atoms with Crippen LogP contribution in [-0.2, 0) is 9.53 Å². The Morgan fingerprint density at radius 2 is 2.36 bits per heavy atom. The highest BCUT2D eigenvalue weighted by molar-refractivity contribution is 5.53. The molecule has 1 atom stereocenters. The number of aldehydes is 1. The first kappa shape index (κ1) is 11.7. The van der Waals surface area contributed by atoms with Crippen LogP contribution in [0.25, 0.3) is 0 Å². The van der Waals surface area contributed by atoms with Gasteiger partial charge in [-0.05, 0) is 25.8 Å². The lowest BCUT2D eigenvalue weighted by Crippen LogP contribution is -2.38. The van der Waals surface area contributed by atoms with Crippen molar-refractivity contribution >= 4 is 6.29 Å². The van der Waals surface area contributed by atoms with E-state index in [1.165, 1.54) is 0 Å². The molecule has 0 radical (unpaired) electrons. The summed E-state index contributed by atoms with van der Waals surface area (Å²) >= 11 is 0. The Bertz CT molecular complexity index is 161. The predicted molar refractivity (Wildman–Crippen MR) is 56.3 cm³/mol. The number of carbonyl (C=O) groups excluding carboxylic acids is 1. The standard InChI is InChI=1S/C11H21NO2/c1-2-7-14-8-6-12-5-3-4-11(9-12)10-13/h10-11H,2-9H2,1H3. The van der Waals surface area contributed by atoms with E-state index in [-0.39, 0.29) is 5.92 Å². The molecule has 0 spiro atoms. The molecule has 1 heterocycles. The van der Waals surface area contributed by atoms with Crippen LogP contribution < -0.4 is 0 Å². The summed E-state index contributed by atoms with van der Waals surface area (Å²) in [5.41, 5.74) is 0. The van der Waals surface area contributed by atoms with E-state index < -0.39 is 0 Å². The monoisotopic (exact) mass is 199 g/mol. The second kappa shape index (κ2) is 6.96. The molecule has 0 bridgehead atoms. The van der Waals surface area contributed by atoms with Crippen LogP contribution >= 0.6 is 0 Å². The minimum atomic E-state index is 0.259. The topological polar surface area (TPSA) is 29.5 Å². The molecule has 1 aliphatic heterocycles. The van der Waals surface area contributed by atoms with Crippen molar-refractivity contribution in [2.75, 3.05) is 32.8 Å². The molecule has 0 aromatic heterocycles. The molecule has 1 saturated heterocycles. The summed E-state index contributed by atoms with van der Waals surface area (Å²) in [6, 6.07) is 0. The van der Waals surface area contributed by atoms with E-state index in [1.54, 1.807) is 0 Å². The third-order valence-corrected chi connectivity index (χ3v) is 2.63. The lowest BCUT2D eigenvalue weighted by atomic mass is 10.00. The Kier molecular flexibility index (Phi) is 5.80. The molecule has 3 heteroatoms. The molecule has 0 amide bonds. The van der Waals surface area contributed by atoms with Crippen molar-refractivity contribution in [1.82, 2.24) is 4.90 Å². The average molecular weight is 199 g/mol. The van der Waals surface area contributed by atoms with Gasteiger partial charge in [0.25, 0.3) is 0 Å². The lowest BCUT2D eigenvalue weighted by Gasteiger charge is -2.29. The van der Waals surface area contributed by atoms with Gasteiger partial charge >= 0.3 is 0 Å². The minimum Gasteiger partial charge on any atom is -0.380 e. The molecule has 1 unspecified atom stereocenters. The Labute approximate surface area is 86.4 Å². The van der Waals surface area contributed by atoms with Gasteiger partial charge in [0.15, 0.2) is 0 Å². The largest absolute Gasteiger partial charge is 0.380 e. The van der Waals surface area contributed by atoms with Gasteiger partial charge in [-0.15, -0.1) is 0 Å². The molecule has 14 heavy (non-hydrogen) atoms. The van der Waals surface area contributed by atoms with E-state index in [4.69, 9.17) is 4.74 Å². The summed E-state index contributed by atoms with van der Waals surface area (Å²) in [6.07, 6.45) is 4.39. The number of rotatable bonds is 6. The maximum absolute atomic E-state index is 10.6. The van der Waals surface area contributed by atoms with Crippen molar-refractivity contribution in [3.05, 3.63) is 0 Å². The molecule has 1 fully saturated rings. The first-order valence-electron chi connectivity index (χ1n) is 5.62. The van der Waals surface area contributed by atoms with E-state index in [0.717, 1.165) is 58.4 Å². The molecule has 82 valence electrons. The quantitative estimate of drug-likeness (QED) is 0.477. The highest BCUT2D eigenvalue weighted by atomic mass is 16.5. The SMILES string of the molecule is CCCOCCN1CCCC(C=O)C1. The van der Waals surface area contributed by atoms with Crippen LogP contribution in [0.1, 0.15) is 26.2 Å². The normalized spacial score (nSPS) is 23.6. The Balaban J connectivity index is 2.08. The molecule has 3 nitrogen and oxygen atoms in total. The fourth-order valence-corrected chi connectivity index (χ4v) is 1.85. The molecule has 0 aromatic rings. The van der Waals surface area contributed by atoms with Crippen molar-refractivity contribution in [2.24, 2.45) is 5.92 Å². The number of nitrogens with zero attached hydrogens (tertiary/aromatic N) is 1. The van der Waals surface area contributed by atoms with Gasteiger partial charge in [-0.2, -0.15) is 0 Å². The first-order valence-corrected chi connectivity index (χ1v) is 5.62. The Hall–Kier alpha value is -0.410. The van der Waals surface area contributed by atoms with E-state index in [2.05, 4.69) is 11.8 Å². The van der Waals surface area contributed by atoms with Crippen LogP contribution in [0.2, 0.25) is 0 Å². The van der Waals surface area contributed by atoms with Crippen molar-refractivity contribution in [3.8, 4) is 0 Å². The minimum absolute atomic E-state index is 0.259. The van der Waals surface area contributed by atoms with Gasteiger partial charge < -0.3 is 14.4 Å². The number of ether oxygens (including phenoxy) is 1. The average Bonchev–Trinajstić information content (AvgIpc) is 2.25. The number of carbonyl (C=O) groups is 1. The Morgan fingerprint density at radius 3 is 3.07 bits per heavy atom. The van der Waals surface area contributed by atoms with Gasteiger partial charge in [0, 0.05) is 25.6 Å². The summed E-state index contributed by atoms with van der Waals surface area (Å²) in [6.45, 7) is 6.80. The third-order valence-electron chi connectivity index (χ3n) is 2.63. The predicted octanol–water partition coefficient (Wildman–Crippen LogP) is 1.32. The number of hydrogen-bond donors (Lipinski definition) is 0. The highest BCUT2D eigenvalue weighted by Gasteiger charge is 2.18. The van der Waals surface area contributed by atoms with Crippen LogP contribution in [0.4, 0.5) is 0 Å². The fourth-order valence-electron chi connectivity index (χ4n) is 1.85.